The lowest BCUT2D eigenvalue weighted by Crippen LogP contribution is -2.14. The van der Waals surface area contributed by atoms with E-state index in [1.807, 2.05) is 6.08 Å². The van der Waals surface area contributed by atoms with Crippen molar-refractivity contribution in [2.24, 2.45) is 9.98 Å². The normalized spacial score (nSPS) is 22.2. The molecular formula is C8H8N2. The van der Waals surface area contributed by atoms with Crippen LogP contribution in [0.15, 0.2) is 34.3 Å². The molecule has 0 bridgehead atoms. The summed E-state index contributed by atoms with van der Waals surface area (Å²) in [6.45, 7) is 4.46. The summed E-state index contributed by atoms with van der Waals surface area (Å²) in [5.41, 5.74) is 3.12. The van der Waals surface area contributed by atoms with E-state index in [4.69, 9.17) is 0 Å². The number of fused-ring (bicyclic) bond motifs is 1. The molecule has 0 N–H and O–H groups in total. The molecule has 0 spiro atoms. The monoisotopic (exact) mass is 132 g/mol. The molecule has 50 valence electrons. The van der Waals surface area contributed by atoms with Crippen LogP contribution in [0.3, 0.4) is 0 Å². The molecule has 0 atom stereocenters. The van der Waals surface area contributed by atoms with E-state index in [0.29, 0.717) is 6.67 Å². The standard InChI is InChI=1S/C8H8N2/c1-6-3-2-4-7-8(6)10-5-9-7/h2-3H,1,4-5H2. The molecule has 2 rings (SSSR count). The summed E-state index contributed by atoms with van der Waals surface area (Å²) in [5.74, 6) is 0. The van der Waals surface area contributed by atoms with Gasteiger partial charge in [-0.1, -0.05) is 18.7 Å². The van der Waals surface area contributed by atoms with Crippen molar-refractivity contribution in [3.63, 3.8) is 0 Å². The Morgan fingerprint density at radius 1 is 1.40 bits per heavy atom. The van der Waals surface area contributed by atoms with E-state index in [1.165, 1.54) is 0 Å². The summed E-state index contributed by atoms with van der Waals surface area (Å²) >= 11 is 0. The predicted molar refractivity (Wildman–Crippen MR) is 42.6 cm³/mol. The van der Waals surface area contributed by atoms with Gasteiger partial charge in [-0.2, -0.15) is 0 Å². The molecule has 0 aromatic heterocycles. The van der Waals surface area contributed by atoms with Crippen molar-refractivity contribution in [3.8, 4) is 0 Å². The smallest absolute Gasteiger partial charge is 0.130 e. The van der Waals surface area contributed by atoms with Gasteiger partial charge in [0.05, 0.1) is 11.4 Å². The first-order valence-electron chi connectivity index (χ1n) is 3.32. The maximum absolute atomic E-state index is 4.21. The summed E-state index contributed by atoms with van der Waals surface area (Å²) in [5, 5.41) is 0. The van der Waals surface area contributed by atoms with Crippen molar-refractivity contribution in [2.75, 3.05) is 6.67 Å². The Morgan fingerprint density at radius 2 is 2.30 bits per heavy atom. The highest BCUT2D eigenvalue weighted by atomic mass is 15.0. The van der Waals surface area contributed by atoms with Crippen LogP contribution in [-0.4, -0.2) is 18.1 Å². The van der Waals surface area contributed by atoms with E-state index >= 15 is 0 Å². The van der Waals surface area contributed by atoms with Gasteiger partial charge >= 0.3 is 0 Å². The molecule has 1 aliphatic carbocycles. The third-order valence-corrected chi connectivity index (χ3v) is 1.70. The number of nitrogens with zero attached hydrogens (tertiary/aromatic N) is 2. The fourth-order valence-electron chi connectivity index (χ4n) is 1.20. The van der Waals surface area contributed by atoms with Crippen LogP contribution < -0.4 is 0 Å². The molecule has 2 heteroatoms. The van der Waals surface area contributed by atoms with E-state index in [9.17, 15) is 0 Å². The third kappa shape index (κ3) is 0.652. The van der Waals surface area contributed by atoms with Crippen molar-refractivity contribution >= 4 is 11.4 Å². The van der Waals surface area contributed by atoms with Gasteiger partial charge in [0.2, 0.25) is 0 Å². The largest absolute Gasteiger partial charge is 0.264 e. The molecule has 0 unspecified atom stereocenters. The van der Waals surface area contributed by atoms with Gasteiger partial charge in [-0.25, -0.2) is 0 Å². The van der Waals surface area contributed by atoms with Crippen LogP contribution in [0.2, 0.25) is 0 Å². The maximum atomic E-state index is 4.21. The van der Waals surface area contributed by atoms with Gasteiger partial charge in [-0.15, -0.1) is 0 Å². The van der Waals surface area contributed by atoms with Gasteiger partial charge in [-0.3, -0.25) is 9.98 Å². The average molecular weight is 132 g/mol. The minimum atomic E-state index is 0.603. The Hall–Kier alpha value is -1.18. The SMILES string of the molecule is C=C1C=CCC2=NCN=C12. The number of hydrogen-bond donors (Lipinski definition) is 0. The van der Waals surface area contributed by atoms with Crippen molar-refractivity contribution in [1.29, 1.82) is 0 Å². The molecule has 0 saturated carbocycles. The minimum Gasteiger partial charge on any atom is -0.264 e. The molecule has 1 heterocycles. The molecule has 0 radical (unpaired) electrons. The second-order valence-electron chi connectivity index (χ2n) is 2.38. The Morgan fingerprint density at radius 3 is 3.10 bits per heavy atom. The fraction of sp³-hybridized carbons (Fsp3) is 0.250. The molecule has 0 aromatic rings. The molecule has 0 fully saturated rings. The van der Waals surface area contributed by atoms with Gasteiger partial charge in [0, 0.05) is 6.42 Å². The first kappa shape index (κ1) is 5.59. The zero-order valence-corrected chi connectivity index (χ0v) is 5.67. The zero-order chi connectivity index (χ0) is 6.97. The molecule has 0 saturated heterocycles. The van der Waals surface area contributed by atoms with Crippen molar-refractivity contribution in [1.82, 2.24) is 0 Å². The first-order valence-corrected chi connectivity index (χ1v) is 3.32. The van der Waals surface area contributed by atoms with Crippen molar-refractivity contribution in [3.05, 3.63) is 24.3 Å². The Bertz CT molecular complexity index is 269. The summed E-state index contributed by atoms with van der Waals surface area (Å²) in [6, 6.07) is 0. The summed E-state index contributed by atoms with van der Waals surface area (Å²) < 4.78 is 0. The van der Waals surface area contributed by atoms with Gasteiger partial charge in [0.25, 0.3) is 0 Å². The van der Waals surface area contributed by atoms with Crippen LogP contribution in [0, 0.1) is 0 Å². The van der Waals surface area contributed by atoms with Gasteiger partial charge in [0.1, 0.15) is 6.67 Å². The molecule has 10 heavy (non-hydrogen) atoms. The lowest BCUT2D eigenvalue weighted by atomic mass is 9.99. The van der Waals surface area contributed by atoms with E-state index in [-0.39, 0.29) is 0 Å². The number of aliphatic imine (C=N–C) groups is 2. The summed E-state index contributed by atoms with van der Waals surface area (Å²) in [6.07, 6.45) is 5.01. The highest BCUT2D eigenvalue weighted by Gasteiger charge is 2.16. The van der Waals surface area contributed by atoms with Crippen molar-refractivity contribution in [2.45, 2.75) is 6.42 Å². The summed E-state index contributed by atoms with van der Waals surface area (Å²) in [7, 11) is 0. The van der Waals surface area contributed by atoms with E-state index in [0.717, 1.165) is 23.4 Å². The number of rotatable bonds is 0. The van der Waals surface area contributed by atoms with Crippen LogP contribution in [0.1, 0.15) is 6.42 Å². The lowest BCUT2D eigenvalue weighted by Gasteiger charge is -2.07. The van der Waals surface area contributed by atoms with Gasteiger partial charge < -0.3 is 0 Å². The summed E-state index contributed by atoms with van der Waals surface area (Å²) in [4.78, 5) is 8.41. The van der Waals surface area contributed by atoms with Crippen LogP contribution in [0.5, 0.6) is 0 Å². The van der Waals surface area contributed by atoms with E-state index < -0.39 is 0 Å². The average Bonchev–Trinajstić information content (AvgIpc) is 2.36. The molecule has 0 amide bonds. The Balaban J connectivity index is 2.47. The lowest BCUT2D eigenvalue weighted by molar-refractivity contribution is 1.10. The second kappa shape index (κ2) is 1.90. The second-order valence-corrected chi connectivity index (χ2v) is 2.38. The molecule has 1 aliphatic heterocycles. The molecule has 2 nitrogen and oxygen atoms in total. The van der Waals surface area contributed by atoms with Crippen molar-refractivity contribution < 1.29 is 0 Å². The predicted octanol–water partition coefficient (Wildman–Crippen LogP) is 1.36. The van der Waals surface area contributed by atoms with Crippen LogP contribution >= 0.6 is 0 Å². The minimum absolute atomic E-state index is 0.603. The van der Waals surface area contributed by atoms with Crippen LogP contribution in [0.4, 0.5) is 0 Å². The number of allylic oxidation sites excluding steroid dienone is 3. The highest BCUT2D eigenvalue weighted by molar-refractivity contribution is 6.50. The zero-order valence-electron chi connectivity index (χ0n) is 5.67. The Labute approximate surface area is 59.7 Å². The molecule has 2 aliphatic rings. The van der Waals surface area contributed by atoms with Crippen LogP contribution in [-0.2, 0) is 0 Å². The maximum Gasteiger partial charge on any atom is 0.130 e. The highest BCUT2D eigenvalue weighted by Crippen LogP contribution is 2.14. The van der Waals surface area contributed by atoms with Gasteiger partial charge in [-0.05, 0) is 5.57 Å². The van der Waals surface area contributed by atoms with Gasteiger partial charge in [0.15, 0.2) is 0 Å². The van der Waals surface area contributed by atoms with E-state index in [1.54, 1.807) is 0 Å². The van der Waals surface area contributed by atoms with Crippen LogP contribution in [0.25, 0.3) is 0 Å². The van der Waals surface area contributed by atoms with E-state index in [2.05, 4.69) is 22.6 Å². The third-order valence-electron chi connectivity index (χ3n) is 1.70. The Kier molecular flexibility index (Phi) is 1.07. The number of hydrogen-bond acceptors (Lipinski definition) is 2. The topological polar surface area (TPSA) is 24.7 Å². The molecule has 0 aromatic carbocycles. The fourth-order valence-corrected chi connectivity index (χ4v) is 1.20. The molecular weight excluding hydrogens is 124 g/mol. The quantitative estimate of drug-likeness (QED) is 0.475. The first-order chi connectivity index (χ1) is 4.88.